The van der Waals surface area contributed by atoms with Crippen LogP contribution in [0.5, 0.6) is 0 Å². The minimum atomic E-state index is -0.0423. The number of hydrogen-bond acceptors (Lipinski definition) is 1. The van der Waals surface area contributed by atoms with Crippen LogP contribution in [0.1, 0.15) is 12.8 Å². The van der Waals surface area contributed by atoms with Gasteiger partial charge in [0.05, 0.1) is 0 Å². The number of hydrogen-bond donors (Lipinski definition) is 1. The Morgan fingerprint density at radius 2 is 1.94 bits per heavy atom. The van der Waals surface area contributed by atoms with Gasteiger partial charge in [0.2, 0.25) is 5.91 Å². The predicted octanol–water partition coefficient (Wildman–Crippen LogP) is 3.19. The Kier molecular flexibility index (Phi) is 3.42. The largest absolute Gasteiger partial charge is 0.325 e. The van der Waals surface area contributed by atoms with Gasteiger partial charge in [0, 0.05) is 23.9 Å². The van der Waals surface area contributed by atoms with Crippen molar-refractivity contribution in [2.75, 3.05) is 5.32 Å². The fourth-order valence-electron chi connectivity index (χ4n) is 1.73. The molecule has 2 nitrogen and oxygen atoms in total. The Morgan fingerprint density at radius 3 is 2.76 bits per heavy atom. The van der Waals surface area contributed by atoms with Crippen LogP contribution in [0.2, 0.25) is 0 Å². The fraction of sp³-hybridized carbons (Fsp3) is 0.133. The topological polar surface area (TPSA) is 29.1 Å². The first-order valence-electron chi connectivity index (χ1n) is 5.52. The lowest BCUT2D eigenvalue weighted by Crippen LogP contribution is -2.10. The summed E-state index contributed by atoms with van der Waals surface area (Å²) in [6.07, 6.45) is 5.96. The molecule has 0 aliphatic carbocycles. The number of carbonyl (C=O) groups excluding carboxylic acids is 1. The summed E-state index contributed by atoms with van der Waals surface area (Å²) in [7, 11) is 0. The molecule has 0 heterocycles. The zero-order chi connectivity index (χ0) is 12.1. The number of rotatable bonds is 3. The van der Waals surface area contributed by atoms with Gasteiger partial charge in [-0.1, -0.05) is 36.4 Å². The van der Waals surface area contributed by atoms with E-state index in [9.17, 15) is 4.79 Å². The maximum Gasteiger partial charge on any atom is 0.225 e. The molecular formula is C15H13NO. The number of anilines is 1. The van der Waals surface area contributed by atoms with Gasteiger partial charge in [0.25, 0.3) is 0 Å². The van der Waals surface area contributed by atoms with Crippen molar-refractivity contribution in [3.8, 4) is 12.3 Å². The molecule has 2 rings (SSSR count). The van der Waals surface area contributed by atoms with Crippen LogP contribution >= 0.6 is 0 Å². The first kappa shape index (κ1) is 11.2. The van der Waals surface area contributed by atoms with E-state index in [2.05, 4.69) is 11.2 Å². The lowest BCUT2D eigenvalue weighted by molar-refractivity contribution is -0.116. The minimum absolute atomic E-state index is 0.0423. The van der Waals surface area contributed by atoms with E-state index >= 15 is 0 Å². The van der Waals surface area contributed by atoms with E-state index in [1.807, 2.05) is 42.5 Å². The van der Waals surface area contributed by atoms with Crippen LogP contribution < -0.4 is 5.32 Å². The second kappa shape index (κ2) is 5.18. The van der Waals surface area contributed by atoms with E-state index in [1.54, 1.807) is 0 Å². The van der Waals surface area contributed by atoms with Crippen LogP contribution in [0.3, 0.4) is 0 Å². The third kappa shape index (κ3) is 2.64. The quantitative estimate of drug-likeness (QED) is 0.795. The summed E-state index contributed by atoms with van der Waals surface area (Å²) < 4.78 is 0. The molecule has 0 aliphatic rings. The van der Waals surface area contributed by atoms with Gasteiger partial charge in [-0.2, -0.15) is 0 Å². The molecule has 0 aliphatic heterocycles. The molecule has 0 saturated carbocycles. The first-order valence-corrected chi connectivity index (χ1v) is 5.52. The van der Waals surface area contributed by atoms with Crippen molar-refractivity contribution in [1.29, 1.82) is 0 Å². The summed E-state index contributed by atoms with van der Waals surface area (Å²) in [5, 5.41) is 5.04. The Hall–Kier alpha value is -2.27. The normalized spacial score (nSPS) is 9.82. The monoisotopic (exact) mass is 223 g/mol. The molecular weight excluding hydrogens is 210 g/mol. The summed E-state index contributed by atoms with van der Waals surface area (Å²) in [6, 6.07) is 13.8. The average Bonchev–Trinajstić information content (AvgIpc) is 2.37. The van der Waals surface area contributed by atoms with Crippen LogP contribution in [-0.2, 0) is 4.79 Å². The number of carbonyl (C=O) groups is 1. The number of terminal acetylenes is 1. The maximum absolute atomic E-state index is 11.6. The zero-order valence-corrected chi connectivity index (χ0v) is 9.44. The van der Waals surface area contributed by atoms with E-state index in [0.29, 0.717) is 12.8 Å². The molecule has 0 unspecified atom stereocenters. The van der Waals surface area contributed by atoms with Crippen LogP contribution in [0.4, 0.5) is 5.69 Å². The van der Waals surface area contributed by atoms with Gasteiger partial charge >= 0.3 is 0 Å². The van der Waals surface area contributed by atoms with Gasteiger partial charge in [-0.3, -0.25) is 4.79 Å². The molecule has 2 aromatic carbocycles. The summed E-state index contributed by atoms with van der Waals surface area (Å²) in [6.45, 7) is 0. The smallest absolute Gasteiger partial charge is 0.225 e. The van der Waals surface area contributed by atoms with E-state index in [0.717, 1.165) is 16.5 Å². The minimum Gasteiger partial charge on any atom is -0.325 e. The lowest BCUT2D eigenvalue weighted by Gasteiger charge is -2.07. The summed E-state index contributed by atoms with van der Waals surface area (Å²) >= 11 is 0. The third-order valence-corrected chi connectivity index (χ3v) is 2.56. The van der Waals surface area contributed by atoms with Crippen LogP contribution in [-0.4, -0.2) is 5.91 Å². The first-order chi connectivity index (χ1) is 8.31. The Balaban J connectivity index is 2.24. The third-order valence-electron chi connectivity index (χ3n) is 2.56. The standard InChI is InChI=1S/C15H13NO/c1-2-3-11-15(17)16-14-10-6-8-12-7-4-5-9-13(12)14/h1,4-10H,3,11H2,(H,16,17). The van der Waals surface area contributed by atoms with Gasteiger partial charge in [0.15, 0.2) is 0 Å². The van der Waals surface area contributed by atoms with Gasteiger partial charge in [0.1, 0.15) is 0 Å². The highest BCUT2D eigenvalue weighted by molar-refractivity contribution is 6.02. The van der Waals surface area contributed by atoms with Crippen molar-refractivity contribution < 1.29 is 4.79 Å². The van der Waals surface area contributed by atoms with Crippen molar-refractivity contribution in [2.24, 2.45) is 0 Å². The van der Waals surface area contributed by atoms with Crippen molar-refractivity contribution in [2.45, 2.75) is 12.8 Å². The molecule has 0 bridgehead atoms. The summed E-state index contributed by atoms with van der Waals surface area (Å²) in [5.74, 6) is 2.42. The number of amides is 1. The van der Waals surface area contributed by atoms with Gasteiger partial charge in [-0.25, -0.2) is 0 Å². The molecule has 1 N–H and O–H groups in total. The molecule has 17 heavy (non-hydrogen) atoms. The number of fused-ring (bicyclic) bond motifs is 1. The average molecular weight is 223 g/mol. The van der Waals surface area contributed by atoms with E-state index < -0.39 is 0 Å². The molecule has 84 valence electrons. The van der Waals surface area contributed by atoms with Gasteiger partial charge in [-0.15, -0.1) is 12.3 Å². The predicted molar refractivity (Wildman–Crippen MR) is 70.6 cm³/mol. The van der Waals surface area contributed by atoms with Gasteiger partial charge in [-0.05, 0) is 11.5 Å². The Morgan fingerprint density at radius 1 is 1.18 bits per heavy atom. The van der Waals surface area contributed by atoms with E-state index in [4.69, 9.17) is 6.42 Å². The molecule has 0 atom stereocenters. The van der Waals surface area contributed by atoms with E-state index in [-0.39, 0.29) is 5.91 Å². The highest BCUT2D eigenvalue weighted by Crippen LogP contribution is 2.22. The highest BCUT2D eigenvalue weighted by atomic mass is 16.1. The SMILES string of the molecule is C#CCCC(=O)Nc1cccc2ccccc12. The molecule has 0 aromatic heterocycles. The summed E-state index contributed by atoms with van der Waals surface area (Å²) in [4.78, 5) is 11.6. The van der Waals surface area contributed by atoms with Crippen molar-refractivity contribution >= 4 is 22.4 Å². The molecule has 2 aromatic rings. The van der Waals surface area contributed by atoms with Crippen molar-refractivity contribution in [1.82, 2.24) is 0 Å². The highest BCUT2D eigenvalue weighted by Gasteiger charge is 2.04. The van der Waals surface area contributed by atoms with Crippen LogP contribution in [0.25, 0.3) is 10.8 Å². The van der Waals surface area contributed by atoms with Crippen LogP contribution in [0, 0.1) is 12.3 Å². The molecule has 2 heteroatoms. The van der Waals surface area contributed by atoms with Crippen molar-refractivity contribution in [3.63, 3.8) is 0 Å². The van der Waals surface area contributed by atoms with Gasteiger partial charge < -0.3 is 5.32 Å². The Bertz CT molecular complexity index is 575. The fourth-order valence-corrected chi connectivity index (χ4v) is 1.73. The number of nitrogens with one attached hydrogen (secondary N) is 1. The van der Waals surface area contributed by atoms with Crippen molar-refractivity contribution in [3.05, 3.63) is 42.5 Å². The molecule has 0 fully saturated rings. The molecule has 1 amide bonds. The Labute approximate surface area is 101 Å². The lowest BCUT2D eigenvalue weighted by atomic mass is 10.1. The molecule has 0 saturated heterocycles. The zero-order valence-electron chi connectivity index (χ0n) is 9.44. The van der Waals surface area contributed by atoms with E-state index in [1.165, 1.54) is 0 Å². The van der Waals surface area contributed by atoms with Crippen LogP contribution in [0.15, 0.2) is 42.5 Å². The number of benzene rings is 2. The maximum atomic E-state index is 11.6. The second-order valence-corrected chi connectivity index (χ2v) is 3.78. The molecule has 0 spiro atoms. The molecule has 0 radical (unpaired) electrons. The summed E-state index contributed by atoms with van der Waals surface area (Å²) in [5.41, 5.74) is 0.838. The second-order valence-electron chi connectivity index (χ2n) is 3.78.